The average Bonchev–Trinajstić information content (AvgIpc) is 3.53. The van der Waals surface area contributed by atoms with Crippen molar-refractivity contribution < 1.29 is 0 Å². The first-order valence-corrected chi connectivity index (χ1v) is 14.0. The maximum atomic E-state index is 3.94. The van der Waals surface area contributed by atoms with Crippen molar-refractivity contribution in [3.05, 3.63) is 109 Å². The Balaban J connectivity index is 1.67. The minimum atomic E-state index is 0.472. The highest BCUT2D eigenvalue weighted by atomic mass is 15.2. The van der Waals surface area contributed by atoms with Crippen LogP contribution >= 0.6 is 0 Å². The molecule has 1 aliphatic heterocycles. The molecule has 6 aromatic rings. The van der Waals surface area contributed by atoms with E-state index in [1.807, 2.05) is 0 Å². The molecule has 0 spiro atoms. The predicted octanol–water partition coefficient (Wildman–Crippen LogP) is 9.55. The van der Waals surface area contributed by atoms with Crippen LogP contribution < -0.4 is 5.32 Å². The Labute approximate surface area is 228 Å². The number of hydrogen-bond donors (Lipinski definition) is 2. The number of fused-ring (bicyclic) bond motifs is 10. The number of H-pyrrole nitrogens is 1. The Morgan fingerprint density at radius 2 is 1.67 bits per heavy atom. The number of rotatable bonds is 5. The third-order valence-corrected chi connectivity index (χ3v) is 8.36. The van der Waals surface area contributed by atoms with Crippen molar-refractivity contribution in [3.63, 3.8) is 0 Å². The third kappa shape index (κ3) is 3.57. The molecule has 0 radical (unpaired) electrons. The summed E-state index contributed by atoms with van der Waals surface area (Å²) < 4.78 is 2.43. The van der Waals surface area contributed by atoms with Crippen molar-refractivity contribution in [2.45, 2.75) is 27.2 Å². The van der Waals surface area contributed by atoms with Crippen LogP contribution in [0.25, 0.3) is 65.8 Å². The van der Waals surface area contributed by atoms with Crippen LogP contribution in [-0.4, -0.2) is 16.1 Å². The van der Waals surface area contributed by atoms with Crippen LogP contribution in [0.5, 0.6) is 0 Å². The normalized spacial score (nSPS) is 15.3. The van der Waals surface area contributed by atoms with Gasteiger partial charge in [-0.25, -0.2) is 0 Å². The van der Waals surface area contributed by atoms with E-state index in [9.17, 15) is 0 Å². The number of hydrogen-bond acceptors (Lipinski definition) is 1. The highest BCUT2D eigenvalue weighted by Crippen LogP contribution is 2.43. The van der Waals surface area contributed by atoms with Gasteiger partial charge in [0.1, 0.15) is 5.82 Å². The number of dihydropyridines is 1. The average molecular weight is 508 g/mol. The van der Waals surface area contributed by atoms with Crippen molar-refractivity contribution in [3.8, 4) is 0 Å². The molecule has 0 saturated heterocycles. The van der Waals surface area contributed by atoms with Crippen LogP contribution in [0.1, 0.15) is 32.8 Å². The van der Waals surface area contributed by atoms with Crippen LogP contribution in [0.15, 0.2) is 103 Å². The minimum absolute atomic E-state index is 0.472. The van der Waals surface area contributed by atoms with E-state index in [1.165, 1.54) is 65.5 Å². The van der Waals surface area contributed by atoms with Crippen LogP contribution in [0.2, 0.25) is 0 Å². The molecule has 3 heterocycles. The number of nitrogens with one attached hydrogen (secondary N) is 2. The summed E-state index contributed by atoms with van der Waals surface area (Å²) in [4.78, 5) is 3.94. The molecule has 39 heavy (non-hydrogen) atoms. The van der Waals surface area contributed by atoms with Crippen molar-refractivity contribution >= 4 is 65.8 Å². The number of allylic oxidation sites excluding steroid dienone is 6. The van der Waals surface area contributed by atoms with Crippen molar-refractivity contribution in [2.75, 3.05) is 6.54 Å². The molecule has 1 unspecified atom stereocenters. The topological polar surface area (TPSA) is 32.8 Å². The van der Waals surface area contributed by atoms with Gasteiger partial charge in [0.25, 0.3) is 0 Å². The summed E-state index contributed by atoms with van der Waals surface area (Å²) in [5.41, 5.74) is 7.50. The maximum Gasteiger partial charge on any atom is 0.111 e. The molecular weight excluding hydrogens is 474 g/mol. The molecule has 192 valence electrons. The first-order valence-electron chi connectivity index (χ1n) is 14.0. The van der Waals surface area contributed by atoms with Crippen LogP contribution in [-0.2, 0) is 0 Å². The second-order valence-electron chi connectivity index (χ2n) is 10.6. The van der Waals surface area contributed by atoms with Crippen molar-refractivity contribution in [1.29, 1.82) is 0 Å². The van der Waals surface area contributed by atoms with Gasteiger partial charge in [-0.15, -0.1) is 0 Å². The van der Waals surface area contributed by atoms with Gasteiger partial charge in [0.2, 0.25) is 0 Å². The smallest absolute Gasteiger partial charge is 0.111 e. The summed E-state index contributed by atoms with van der Waals surface area (Å²) in [6.07, 6.45) is 14.2. The predicted molar refractivity (Wildman–Crippen MR) is 170 cm³/mol. The molecule has 0 saturated carbocycles. The van der Waals surface area contributed by atoms with Gasteiger partial charge < -0.3 is 10.3 Å². The Bertz CT molecular complexity index is 2020. The fourth-order valence-corrected chi connectivity index (χ4v) is 6.29. The lowest BCUT2D eigenvalue weighted by Crippen LogP contribution is -2.19. The standard InChI is InChI=1S/C36H33N3/c1-4-6-13-25(23(3)5-2)24-19-20-31-30(22-24)35-36(39(31)32-18-11-12-21-37-32)33-28-16-9-7-14-26(28)27-15-8-10-17-29(27)34(33)38-35/h4,6-20,22-23,37-38H,5,21H2,1-3H3/b6-4-,25-13+. The van der Waals surface area contributed by atoms with Gasteiger partial charge in [0.05, 0.1) is 22.1 Å². The van der Waals surface area contributed by atoms with E-state index < -0.39 is 0 Å². The fourth-order valence-electron chi connectivity index (χ4n) is 6.29. The van der Waals surface area contributed by atoms with Gasteiger partial charge >= 0.3 is 0 Å². The van der Waals surface area contributed by atoms with E-state index in [0.717, 1.165) is 18.8 Å². The second-order valence-corrected chi connectivity index (χ2v) is 10.6. The molecule has 4 aromatic carbocycles. The number of nitrogens with zero attached hydrogens (tertiary/aromatic N) is 1. The molecule has 0 aliphatic carbocycles. The lowest BCUT2D eigenvalue weighted by molar-refractivity contribution is 0.718. The Morgan fingerprint density at radius 3 is 2.38 bits per heavy atom. The molecule has 0 amide bonds. The summed E-state index contributed by atoms with van der Waals surface area (Å²) in [6, 6.07) is 24.6. The first kappa shape index (κ1) is 23.6. The summed E-state index contributed by atoms with van der Waals surface area (Å²) in [6.45, 7) is 7.49. The van der Waals surface area contributed by atoms with Crippen molar-refractivity contribution in [2.24, 2.45) is 5.92 Å². The molecule has 7 rings (SSSR count). The highest BCUT2D eigenvalue weighted by Gasteiger charge is 2.23. The van der Waals surface area contributed by atoms with E-state index in [-0.39, 0.29) is 0 Å². The number of benzene rings is 4. The van der Waals surface area contributed by atoms with Crippen LogP contribution in [0.3, 0.4) is 0 Å². The SMILES string of the molecule is C/C=C\C=C(\c1ccc2c(c1)c1[nH]c3c4ccccc4c4ccccc4c3c1n2C1=CC=CCN1)C(C)CC. The summed E-state index contributed by atoms with van der Waals surface area (Å²) in [5, 5.41) is 11.3. The highest BCUT2D eigenvalue weighted by molar-refractivity contribution is 6.33. The van der Waals surface area contributed by atoms with Gasteiger partial charge in [-0.2, -0.15) is 0 Å². The lowest BCUT2D eigenvalue weighted by atomic mass is 9.91. The Kier molecular flexibility index (Phi) is 5.66. The first-order chi connectivity index (χ1) is 19.2. The van der Waals surface area contributed by atoms with Crippen molar-refractivity contribution in [1.82, 2.24) is 14.9 Å². The van der Waals surface area contributed by atoms with E-state index in [2.05, 4.69) is 139 Å². The molecular formula is C36H33N3. The van der Waals surface area contributed by atoms with E-state index >= 15 is 0 Å². The minimum Gasteiger partial charge on any atom is -0.368 e. The fraction of sp³-hybridized carbons (Fsp3) is 0.167. The van der Waals surface area contributed by atoms with E-state index in [4.69, 9.17) is 0 Å². The molecule has 1 aliphatic rings. The zero-order valence-corrected chi connectivity index (χ0v) is 22.8. The Hall–Kier alpha value is -4.50. The van der Waals surface area contributed by atoms with Gasteiger partial charge in [-0.1, -0.05) is 98.8 Å². The number of aromatic nitrogens is 2. The molecule has 0 bridgehead atoms. The lowest BCUT2D eigenvalue weighted by Gasteiger charge is -2.17. The molecule has 3 heteroatoms. The molecule has 3 nitrogen and oxygen atoms in total. The van der Waals surface area contributed by atoms with Crippen LogP contribution in [0.4, 0.5) is 0 Å². The maximum absolute atomic E-state index is 3.94. The van der Waals surface area contributed by atoms with E-state index in [1.54, 1.807) is 0 Å². The quantitative estimate of drug-likeness (QED) is 0.177. The zero-order valence-electron chi connectivity index (χ0n) is 22.8. The van der Waals surface area contributed by atoms with E-state index in [0.29, 0.717) is 5.92 Å². The zero-order chi connectivity index (χ0) is 26.5. The summed E-state index contributed by atoms with van der Waals surface area (Å²) in [7, 11) is 0. The molecule has 0 fully saturated rings. The van der Waals surface area contributed by atoms with Gasteiger partial charge in [-0.3, -0.25) is 4.57 Å². The monoisotopic (exact) mass is 507 g/mol. The van der Waals surface area contributed by atoms with Gasteiger partial charge in [-0.05, 0) is 64.8 Å². The van der Waals surface area contributed by atoms with Gasteiger partial charge in [0.15, 0.2) is 0 Å². The second kappa shape index (κ2) is 9.36. The molecule has 2 N–H and O–H groups in total. The molecule has 2 aromatic heterocycles. The largest absolute Gasteiger partial charge is 0.368 e. The molecule has 1 atom stereocenters. The van der Waals surface area contributed by atoms with Crippen LogP contribution in [0, 0.1) is 5.92 Å². The van der Waals surface area contributed by atoms with Gasteiger partial charge in [0, 0.05) is 22.7 Å². The summed E-state index contributed by atoms with van der Waals surface area (Å²) in [5.74, 6) is 1.58. The summed E-state index contributed by atoms with van der Waals surface area (Å²) >= 11 is 0. The Morgan fingerprint density at radius 1 is 0.923 bits per heavy atom. The third-order valence-electron chi connectivity index (χ3n) is 8.36. The number of aromatic amines is 1.